The Morgan fingerprint density at radius 3 is 2.26 bits per heavy atom. The van der Waals surface area contributed by atoms with E-state index in [0.717, 1.165) is 18.2 Å². The van der Waals surface area contributed by atoms with Gasteiger partial charge in [-0.3, -0.25) is 9.59 Å². The molecule has 2 rings (SSSR count). The van der Waals surface area contributed by atoms with Gasteiger partial charge >= 0.3 is 22.3 Å². The number of hydrogen-bond acceptors (Lipinski definition) is 6. The number of ether oxygens (including phenoxy) is 1. The number of carbonyl (C=O) groups is 2. The van der Waals surface area contributed by atoms with Crippen LogP contribution in [0.25, 0.3) is 0 Å². The number of rotatable bonds is 11. The molecular formula is C24H28F3NO6S. The Morgan fingerprint density at radius 1 is 1.03 bits per heavy atom. The zero-order chi connectivity index (χ0) is 26.2. The van der Waals surface area contributed by atoms with Gasteiger partial charge in [0.05, 0.1) is 18.6 Å². The third kappa shape index (κ3) is 8.27. The van der Waals surface area contributed by atoms with Crippen LogP contribution >= 0.6 is 0 Å². The van der Waals surface area contributed by atoms with Crippen molar-refractivity contribution in [2.45, 2.75) is 63.7 Å². The average Bonchev–Trinajstić information content (AvgIpc) is 2.81. The highest BCUT2D eigenvalue weighted by atomic mass is 32.2. The molecule has 0 heterocycles. The fourth-order valence-corrected chi connectivity index (χ4v) is 4.12. The van der Waals surface area contributed by atoms with Gasteiger partial charge in [0.25, 0.3) is 0 Å². The molecule has 0 aliphatic carbocycles. The van der Waals surface area contributed by atoms with Gasteiger partial charge in [-0.25, -0.2) is 0 Å². The van der Waals surface area contributed by atoms with E-state index in [-0.39, 0.29) is 43.7 Å². The van der Waals surface area contributed by atoms with Gasteiger partial charge in [0, 0.05) is 19.0 Å². The molecule has 192 valence electrons. The molecule has 0 bridgehead atoms. The number of alkyl halides is 3. The number of benzene rings is 2. The van der Waals surface area contributed by atoms with E-state index in [0.29, 0.717) is 18.1 Å². The molecule has 1 atom stereocenters. The van der Waals surface area contributed by atoms with E-state index in [4.69, 9.17) is 8.92 Å². The molecule has 2 aromatic rings. The number of amides is 1. The van der Waals surface area contributed by atoms with Crippen LogP contribution in [0.5, 0.6) is 5.75 Å². The van der Waals surface area contributed by atoms with Crippen molar-refractivity contribution in [3.05, 3.63) is 59.7 Å². The van der Waals surface area contributed by atoms with E-state index in [1.54, 1.807) is 24.0 Å². The van der Waals surface area contributed by atoms with Gasteiger partial charge in [0.15, 0.2) is 0 Å². The molecule has 0 spiro atoms. The number of hydrogen-bond donors (Lipinski definition) is 0. The molecule has 0 aliphatic rings. The van der Waals surface area contributed by atoms with E-state index in [1.807, 2.05) is 13.8 Å². The summed E-state index contributed by atoms with van der Waals surface area (Å²) in [5, 5.41) is 0. The molecule has 1 amide bonds. The van der Waals surface area contributed by atoms with Crippen molar-refractivity contribution in [1.82, 2.24) is 4.90 Å². The highest BCUT2D eigenvalue weighted by molar-refractivity contribution is 7.87. The van der Waals surface area contributed by atoms with Gasteiger partial charge in [-0.15, -0.1) is 0 Å². The van der Waals surface area contributed by atoms with Crippen LogP contribution in [-0.4, -0.2) is 37.8 Å². The van der Waals surface area contributed by atoms with E-state index in [9.17, 15) is 31.2 Å². The minimum atomic E-state index is -4.69. The van der Waals surface area contributed by atoms with Gasteiger partial charge in [0.2, 0.25) is 5.91 Å². The monoisotopic (exact) mass is 515 g/mol. The summed E-state index contributed by atoms with van der Waals surface area (Å²) in [7, 11) is -4.49. The third-order valence-corrected chi connectivity index (χ3v) is 6.47. The minimum absolute atomic E-state index is 0.000396. The topological polar surface area (TPSA) is 90.0 Å². The molecule has 0 saturated heterocycles. The second kappa shape index (κ2) is 12.1. The molecule has 0 aliphatic heterocycles. The molecule has 11 heteroatoms. The van der Waals surface area contributed by atoms with E-state index >= 15 is 0 Å². The predicted octanol–water partition coefficient (Wildman–Crippen LogP) is 4.94. The Balaban J connectivity index is 2.12. The van der Waals surface area contributed by atoms with E-state index < -0.39 is 32.7 Å². The lowest BCUT2D eigenvalue weighted by Gasteiger charge is -2.29. The van der Waals surface area contributed by atoms with Crippen LogP contribution in [0.1, 0.15) is 51.2 Å². The first-order valence-corrected chi connectivity index (χ1v) is 12.4. The first-order chi connectivity index (χ1) is 16.4. The van der Waals surface area contributed by atoms with E-state index in [1.165, 1.54) is 12.1 Å². The van der Waals surface area contributed by atoms with Gasteiger partial charge in [-0.05, 0) is 56.2 Å². The SMILES string of the molecule is CCOC(=O)CCC(=O)N(Cc1ccc(OS(=O)(=O)c2cccc(C(F)(F)F)c2)cc1)C(C)CC. The van der Waals surface area contributed by atoms with Crippen LogP contribution < -0.4 is 4.18 Å². The van der Waals surface area contributed by atoms with Crippen molar-refractivity contribution in [3.63, 3.8) is 0 Å². The Labute approximate surface area is 203 Å². The highest BCUT2D eigenvalue weighted by Crippen LogP contribution is 2.31. The number of nitrogens with zero attached hydrogens (tertiary/aromatic N) is 1. The van der Waals surface area contributed by atoms with Gasteiger partial charge in [-0.2, -0.15) is 21.6 Å². The third-order valence-electron chi connectivity index (χ3n) is 5.22. The number of halogens is 3. The fourth-order valence-electron chi connectivity index (χ4n) is 3.15. The Morgan fingerprint density at radius 2 is 1.69 bits per heavy atom. The highest BCUT2D eigenvalue weighted by Gasteiger charge is 2.32. The Hall–Kier alpha value is -3.08. The van der Waals surface area contributed by atoms with Crippen molar-refractivity contribution in [2.75, 3.05) is 6.61 Å². The maximum Gasteiger partial charge on any atom is 0.416 e. The van der Waals surface area contributed by atoms with Crippen LogP contribution in [0.2, 0.25) is 0 Å². The molecule has 0 N–H and O–H groups in total. The van der Waals surface area contributed by atoms with Crippen molar-refractivity contribution in [2.24, 2.45) is 0 Å². The molecule has 7 nitrogen and oxygen atoms in total. The minimum Gasteiger partial charge on any atom is -0.466 e. The number of esters is 1. The molecule has 0 fully saturated rings. The van der Waals surface area contributed by atoms with Crippen molar-refractivity contribution < 1.29 is 40.1 Å². The lowest BCUT2D eigenvalue weighted by atomic mass is 10.1. The summed E-state index contributed by atoms with van der Waals surface area (Å²) in [4.78, 5) is 25.3. The summed E-state index contributed by atoms with van der Waals surface area (Å²) in [6.07, 6.45) is -4.04. The smallest absolute Gasteiger partial charge is 0.416 e. The molecule has 0 saturated carbocycles. The Bertz CT molecular complexity index is 1120. The lowest BCUT2D eigenvalue weighted by Crippen LogP contribution is -2.38. The van der Waals surface area contributed by atoms with Crippen LogP contribution in [0, 0.1) is 0 Å². The quantitative estimate of drug-likeness (QED) is 0.311. The van der Waals surface area contributed by atoms with Crippen molar-refractivity contribution in [3.8, 4) is 5.75 Å². The van der Waals surface area contributed by atoms with Gasteiger partial charge in [0.1, 0.15) is 10.6 Å². The molecule has 0 radical (unpaired) electrons. The Kier molecular flexibility index (Phi) is 9.70. The first kappa shape index (κ1) is 28.2. The zero-order valence-electron chi connectivity index (χ0n) is 19.7. The standard InChI is InChI=1S/C24H28F3NO6S/c1-4-17(3)28(22(29)13-14-23(30)33-5-2)16-18-9-11-20(12-10-18)34-35(31,32)21-8-6-7-19(15-21)24(25,26)27/h6-12,15,17H,4-5,13-14,16H2,1-3H3. The summed E-state index contributed by atoms with van der Waals surface area (Å²) in [6.45, 7) is 5.94. The molecule has 2 aromatic carbocycles. The summed E-state index contributed by atoms with van der Waals surface area (Å²) in [5.74, 6) is -0.761. The zero-order valence-corrected chi connectivity index (χ0v) is 20.5. The second-order valence-electron chi connectivity index (χ2n) is 7.79. The van der Waals surface area contributed by atoms with Crippen LogP contribution in [-0.2, 0) is 37.2 Å². The summed E-state index contributed by atoms with van der Waals surface area (Å²) < 4.78 is 73.5. The predicted molar refractivity (Wildman–Crippen MR) is 122 cm³/mol. The van der Waals surface area contributed by atoms with Crippen molar-refractivity contribution in [1.29, 1.82) is 0 Å². The van der Waals surface area contributed by atoms with Crippen LogP contribution in [0.15, 0.2) is 53.4 Å². The molecular weight excluding hydrogens is 487 g/mol. The first-order valence-electron chi connectivity index (χ1n) is 11.0. The maximum absolute atomic E-state index is 12.9. The summed E-state index contributed by atoms with van der Waals surface area (Å²) >= 11 is 0. The molecule has 35 heavy (non-hydrogen) atoms. The maximum atomic E-state index is 12.9. The van der Waals surface area contributed by atoms with Crippen LogP contribution in [0.4, 0.5) is 13.2 Å². The average molecular weight is 516 g/mol. The van der Waals surface area contributed by atoms with Gasteiger partial charge < -0.3 is 13.8 Å². The second-order valence-corrected chi connectivity index (χ2v) is 9.34. The summed E-state index contributed by atoms with van der Waals surface area (Å²) in [6, 6.07) is 9.02. The van der Waals surface area contributed by atoms with E-state index in [2.05, 4.69) is 0 Å². The molecule has 1 unspecified atom stereocenters. The van der Waals surface area contributed by atoms with Gasteiger partial charge in [-0.1, -0.05) is 25.1 Å². The largest absolute Gasteiger partial charge is 0.466 e. The number of carbonyl (C=O) groups excluding carboxylic acids is 2. The lowest BCUT2D eigenvalue weighted by molar-refractivity contribution is -0.146. The fraction of sp³-hybridized carbons (Fsp3) is 0.417. The molecule has 0 aromatic heterocycles. The summed E-state index contributed by atoms with van der Waals surface area (Å²) in [5.41, 5.74) is -0.422. The van der Waals surface area contributed by atoms with Crippen LogP contribution in [0.3, 0.4) is 0 Å². The normalized spacial score (nSPS) is 12.6. The van der Waals surface area contributed by atoms with Crippen molar-refractivity contribution >= 4 is 22.0 Å².